The minimum Gasteiger partial charge on any atom is -0.299 e. The zero-order valence-electron chi connectivity index (χ0n) is 9.22. The van der Waals surface area contributed by atoms with Crippen molar-refractivity contribution < 1.29 is 4.79 Å². The van der Waals surface area contributed by atoms with Crippen molar-refractivity contribution >= 4 is 17.1 Å². The van der Waals surface area contributed by atoms with Crippen LogP contribution in [0.25, 0.3) is 0 Å². The van der Waals surface area contributed by atoms with E-state index in [2.05, 4.69) is 5.10 Å². The van der Waals surface area contributed by atoms with Gasteiger partial charge in [0.05, 0.1) is 0 Å². The summed E-state index contributed by atoms with van der Waals surface area (Å²) in [6.45, 7) is 0. The summed E-state index contributed by atoms with van der Waals surface area (Å²) in [5.74, 6) is 0.291. The molecule has 0 unspecified atom stereocenters. The van der Waals surface area contributed by atoms with Crippen molar-refractivity contribution in [2.75, 3.05) is 0 Å². The molecule has 0 aliphatic carbocycles. The Balaban J connectivity index is 1.82. The van der Waals surface area contributed by atoms with E-state index in [1.54, 1.807) is 17.5 Å². The van der Waals surface area contributed by atoms with Crippen molar-refractivity contribution in [1.29, 1.82) is 0 Å². The first-order valence-corrected chi connectivity index (χ1v) is 6.19. The Labute approximate surface area is 98.7 Å². The molecule has 0 aromatic carbocycles. The Hall–Kier alpha value is -1.42. The molecule has 0 atom stereocenters. The van der Waals surface area contributed by atoms with Gasteiger partial charge in [0.15, 0.2) is 0 Å². The van der Waals surface area contributed by atoms with Gasteiger partial charge in [-0.2, -0.15) is 16.4 Å². The summed E-state index contributed by atoms with van der Waals surface area (Å²) >= 11 is 1.63. The molecule has 0 aliphatic rings. The van der Waals surface area contributed by atoms with Crippen LogP contribution in [-0.4, -0.2) is 15.6 Å². The highest BCUT2D eigenvalue weighted by Crippen LogP contribution is 2.09. The Morgan fingerprint density at radius 3 is 3.00 bits per heavy atom. The normalized spacial score (nSPS) is 10.6. The molecule has 2 aromatic heterocycles. The Morgan fingerprint density at radius 2 is 2.38 bits per heavy atom. The average molecular weight is 234 g/mol. The molecule has 0 spiro atoms. The number of ketones is 1. The van der Waals surface area contributed by atoms with Crippen LogP contribution in [-0.2, 0) is 24.7 Å². The number of carbonyl (C=O) groups is 1. The van der Waals surface area contributed by atoms with E-state index in [9.17, 15) is 4.79 Å². The van der Waals surface area contributed by atoms with Gasteiger partial charge >= 0.3 is 0 Å². The van der Waals surface area contributed by atoms with Gasteiger partial charge in [0.1, 0.15) is 5.78 Å². The number of rotatable bonds is 5. The minimum absolute atomic E-state index is 0.291. The van der Waals surface area contributed by atoms with Gasteiger partial charge in [-0.3, -0.25) is 9.48 Å². The molecule has 0 amide bonds. The molecule has 0 bridgehead atoms. The highest BCUT2D eigenvalue weighted by molar-refractivity contribution is 7.07. The Bertz CT molecular complexity index is 459. The molecule has 3 nitrogen and oxygen atoms in total. The number of aryl methyl sites for hydroxylation is 2. The smallest absolute Gasteiger partial charge is 0.137 e. The van der Waals surface area contributed by atoms with E-state index < -0.39 is 0 Å². The third-order valence-corrected chi connectivity index (χ3v) is 3.30. The van der Waals surface area contributed by atoms with Gasteiger partial charge in [-0.05, 0) is 34.9 Å². The van der Waals surface area contributed by atoms with Crippen molar-refractivity contribution in [3.05, 3.63) is 40.3 Å². The Morgan fingerprint density at radius 1 is 1.50 bits per heavy atom. The fourth-order valence-corrected chi connectivity index (χ4v) is 2.29. The predicted octanol–water partition coefficient (Wildman–Crippen LogP) is 2.23. The third kappa shape index (κ3) is 2.79. The predicted molar refractivity (Wildman–Crippen MR) is 64.6 cm³/mol. The average Bonchev–Trinajstić information content (AvgIpc) is 2.87. The first-order chi connectivity index (χ1) is 7.75. The number of thiophene rings is 1. The topological polar surface area (TPSA) is 34.9 Å². The number of hydrogen-bond donors (Lipinski definition) is 0. The van der Waals surface area contributed by atoms with Gasteiger partial charge < -0.3 is 0 Å². The van der Waals surface area contributed by atoms with Crippen LogP contribution in [0.4, 0.5) is 0 Å². The van der Waals surface area contributed by atoms with Crippen LogP contribution in [0, 0.1) is 0 Å². The largest absolute Gasteiger partial charge is 0.299 e. The van der Waals surface area contributed by atoms with Crippen molar-refractivity contribution in [2.45, 2.75) is 19.3 Å². The van der Waals surface area contributed by atoms with E-state index in [-0.39, 0.29) is 0 Å². The highest BCUT2D eigenvalue weighted by Gasteiger charge is 2.06. The molecule has 84 valence electrons. The van der Waals surface area contributed by atoms with Gasteiger partial charge in [0, 0.05) is 31.8 Å². The molecular formula is C12H14N2OS. The van der Waals surface area contributed by atoms with E-state index in [4.69, 9.17) is 0 Å². The summed E-state index contributed by atoms with van der Waals surface area (Å²) < 4.78 is 1.82. The fraction of sp³-hybridized carbons (Fsp3) is 0.333. The van der Waals surface area contributed by atoms with Crippen LogP contribution < -0.4 is 0 Å². The molecule has 2 aromatic rings. The summed E-state index contributed by atoms with van der Waals surface area (Å²) in [7, 11) is 1.90. The second-order valence-corrected chi connectivity index (χ2v) is 4.57. The lowest BCUT2D eigenvalue weighted by atomic mass is 10.1. The lowest BCUT2D eigenvalue weighted by Gasteiger charge is -2.01. The van der Waals surface area contributed by atoms with E-state index >= 15 is 0 Å². The van der Waals surface area contributed by atoms with Gasteiger partial charge in [0.25, 0.3) is 0 Å². The van der Waals surface area contributed by atoms with Gasteiger partial charge in [0.2, 0.25) is 0 Å². The summed E-state index contributed by atoms with van der Waals surface area (Å²) in [4.78, 5) is 11.7. The molecule has 2 heterocycles. The monoisotopic (exact) mass is 234 g/mol. The van der Waals surface area contributed by atoms with Gasteiger partial charge in [-0.15, -0.1) is 0 Å². The molecule has 0 fully saturated rings. The van der Waals surface area contributed by atoms with Crippen molar-refractivity contribution in [2.24, 2.45) is 7.05 Å². The maximum absolute atomic E-state index is 11.7. The van der Waals surface area contributed by atoms with E-state index in [1.165, 1.54) is 0 Å². The van der Waals surface area contributed by atoms with Crippen molar-refractivity contribution in [3.63, 3.8) is 0 Å². The zero-order valence-corrected chi connectivity index (χ0v) is 10.0. The first kappa shape index (κ1) is 11.1. The van der Waals surface area contributed by atoms with Crippen LogP contribution in [0.2, 0.25) is 0 Å². The van der Waals surface area contributed by atoms with Gasteiger partial charge in [-0.25, -0.2) is 0 Å². The SMILES string of the molecule is Cn1nccc1CCC(=O)Cc1ccsc1. The third-order valence-electron chi connectivity index (χ3n) is 2.56. The lowest BCUT2D eigenvalue weighted by molar-refractivity contribution is -0.118. The summed E-state index contributed by atoms with van der Waals surface area (Å²) in [6, 6.07) is 3.96. The standard InChI is InChI=1S/C12H14N2OS/c1-14-11(4-6-13-14)2-3-12(15)8-10-5-7-16-9-10/h4-7,9H,2-3,8H2,1H3. The molecule has 0 radical (unpaired) electrons. The molecule has 0 saturated carbocycles. The number of aromatic nitrogens is 2. The van der Waals surface area contributed by atoms with E-state index in [1.807, 2.05) is 34.6 Å². The molecule has 0 saturated heterocycles. The van der Waals surface area contributed by atoms with Crippen LogP contribution in [0.15, 0.2) is 29.1 Å². The summed E-state index contributed by atoms with van der Waals surface area (Å²) in [5, 5.41) is 8.11. The maximum atomic E-state index is 11.7. The van der Waals surface area contributed by atoms with Crippen LogP contribution in [0.1, 0.15) is 17.7 Å². The molecule has 4 heteroatoms. The van der Waals surface area contributed by atoms with E-state index in [0.717, 1.165) is 17.7 Å². The zero-order chi connectivity index (χ0) is 11.4. The van der Waals surface area contributed by atoms with Crippen molar-refractivity contribution in [1.82, 2.24) is 9.78 Å². The van der Waals surface area contributed by atoms with Gasteiger partial charge in [-0.1, -0.05) is 0 Å². The summed E-state index contributed by atoms with van der Waals surface area (Å²) in [5.41, 5.74) is 2.23. The Kier molecular flexibility index (Phi) is 3.51. The lowest BCUT2D eigenvalue weighted by Crippen LogP contribution is -2.06. The van der Waals surface area contributed by atoms with Crippen LogP contribution in [0.5, 0.6) is 0 Å². The number of nitrogens with zero attached hydrogens (tertiary/aromatic N) is 2. The molecule has 0 N–H and O–H groups in total. The second kappa shape index (κ2) is 5.07. The quantitative estimate of drug-likeness (QED) is 0.795. The molecule has 2 rings (SSSR count). The highest BCUT2D eigenvalue weighted by atomic mass is 32.1. The maximum Gasteiger partial charge on any atom is 0.137 e. The second-order valence-electron chi connectivity index (χ2n) is 3.79. The van der Waals surface area contributed by atoms with Crippen molar-refractivity contribution in [3.8, 4) is 0 Å². The van der Waals surface area contributed by atoms with Crippen LogP contribution in [0.3, 0.4) is 0 Å². The molecule has 16 heavy (non-hydrogen) atoms. The number of carbonyl (C=O) groups excluding carboxylic acids is 1. The van der Waals surface area contributed by atoms with Crippen LogP contribution >= 0.6 is 11.3 Å². The molecule has 0 aliphatic heterocycles. The molecular weight excluding hydrogens is 220 g/mol. The fourth-order valence-electron chi connectivity index (χ4n) is 1.62. The minimum atomic E-state index is 0.291. The summed E-state index contributed by atoms with van der Waals surface area (Å²) in [6.07, 6.45) is 3.69. The number of Topliss-reactive ketones (excluding diaryl/α,β-unsaturated/α-hetero) is 1. The van der Waals surface area contributed by atoms with E-state index in [0.29, 0.717) is 18.6 Å². The number of hydrogen-bond acceptors (Lipinski definition) is 3. The first-order valence-electron chi connectivity index (χ1n) is 5.25.